The minimum absolute atomic E-state index is 0.108. The number of halogens is 6. The Morgan fingerprint density at radius 1 is 0.583 bits per heavy atom. The predicted octanol–water partition coefficient (Wildman–Crippen LogP) is 10.6. The largest absolute Gasteiger partial charge is 0.462 e. The molecule has 2 aromatic rings. The smallest absolute Gasteiger partial charge is 0.423 e. The van der Waals surface area contributed by atoms with Crippen LogP contribution in [0.15, 0.2) is 12.1 Å². The summed E-state index contributed by atoms with van der Waals surface area (Å²) >= 11 is 37.5. The van der Waals surface area contributed by atoms with Crippen molar-refractivity contribution in [3.05, 3.63) is 53.4 Å². The van der Waals surface area contributed by atoms with Gasteiger partial charge in [0.25, 0.3) is 0 Å². The molecule has 4 rings (SSSR count). The fourth-order valence-electron chi connectivity index (χ4n) is 6.26. The van der Waals surface area contributed by atoms with E-state index in [1.807, 2.05) is 0 Å². The molecule has 0 N–H and O–H groups in total. The van der Waals surface area contributed by atoms with Crippen molar-refractivity contribution in [1.29, 1.82) is 0 Å². The van der Waals surface area contributed by atoms with Crippen LogP contribution < -0.4 is 9.47 Å². The van der Waals surface area contributed by atoms with Crippen LogP contribution in [0.25, 0.3) is 0 Å². The second-order valence-corrected chi connectivity index (χ2v) is 15.7. The zero-order valence-corrected chi connectivity index (χ0v) is 31.3. The van der Waals surface area contributed by atoms with Crippen molar-refractivity contribution < 1.29 is 38.1 Å². The number of rotatable bonds is 12. The molecule has 0 amide bonds. The van der Waals surface area contributed by atoms with Gasteiger partial charge >= 0.3 is 23.9 Å². The molecule has 262 valence electrons. The second-order valence-electron chi connectivity index (χ2n) is 13.4. The molecule has 0 aromatic heterocycles. The maximum atomic E-state index is 13.1. The lowest BCUT2D eigenvalue weighted by atomic mass is 9.72. The fraction of sp³-hybridized carbons (Fsp3) is 0.529. The van der Waals surface area contributed by atoms with E-state index in [4.69, 9.17) is 88.6 Å². The quantitative estimate of drug-likeness (QED) is 0.0907. The first-order valence-corrected chi connectivity index (χ1v) is 17.9. The highest BCUT2D eigenvalue weighted by molar-refractivity contribution is 6.47. The van der Waals surface area contributed by atoms with Crippen LogP contribution in [-0.2, 0) is 19.1 Å². The summed E-state index contributed by atoms with van der Waals surface area (Å²) < 4.78 is 21.3. The van der Waals surface area contributed by atoms with Crippen LogP contribution >= 0.6 is 69.6 Å². The Morgan fingerprint density at radius 3 is 1.23 bits per heavy atom. The van der Waals surface area contributed by atoms with Crippen LogP contribution in [0.3, 0.4) is 0 Å². The van der Waals surface area contributed by atoms with Crippen LogP contribution in [0.4, 0.5) is 0 Å². The van der Waals surface area contributed by atoms with E-state index in [0.29, 0.717) is 23.7 Å². The van der Waals surface area contributed by atoms with E-state index < -0.39 is 46.5 Å². The number of carbonyl (C=O) groups excluding carboxylic acids is 4. The minimum Gasteiger partial charge on any atom is -0.462 e. The lowest BCUT2D eigenvalue weighted by Gasteiger charge is -2.36. The van der Waals surface area contributed by atoms with E-state index >= 15 is 0 Å². The molecule has 0 aliphatic heterocycles. The summed E-state index contributed by atoms with van der Waals surface area (Å²) in [6.07, 6.45) is 5.83. The Bertz CT molecular complexity index is 1450. The summed E-state index contributed by atoms with van der Waals surface area (Å²) in [5.41, 5.74) is -0.895. The van der Waals surface area contributed by atoms with E-state index in [1.165, 1.54) is 0 Å². The number of hydrogen-bond donors (Lipinski definition) is 0. The number of ether oxygens (including phenoxy) is 4. The molecule has 0 bridgehead atoms. The van der Waals surface area contributed by atoms with E-state index in [0.717, 1.165) is 50.7 Å². The van der Waals surface area contributed by atoms with Crippen molar-refractivity contribution in [3.63, 3.8) is 0 Å². The number of hydrogen-bond acceptors (Lipinski definition) is 8. The van der Waals surface area contributed by atoms with Crippen molar-refractivity contribution in [3.8, 4) is 11.5 Å². The van der Waals surface area contributed by atoms with Crippen molar-refractivity contribution in [1.82, 2.24) is 0 Å². The van der Waals surface area contributed by atoms with Crippen LogP contribution in [0, 0.1) is 35.5 Å². The third kappa shape index (κ3) is 9.64. The zero-order chi connectivity index (χ0) is 35.4. The Hall–Kier alpha value is -1.94. The summed E-state index contributed by atoms with van der Waals surface area (Å²) in [7, 11) is 0. The first-order valence-electron chi connectivity index (χ1n) is 15.7. The van der Waals surface area contributed by atoms with Gasteiger partial charge in [-0.25, -0.2) is 19.2 Å². The maximum Gasteiger partial charge on any atom is 0.423 e. The molecule has 2 saturated carbocycles. The van der Waals surface area contributed by atoms with E-state index in [2.05, 4.69) is 27.7 Å². The molecule has 2 fully saturated rings. The van der Waals surface area contributed by atoms with Crippen LogP contribution in [0.5, 0.6) is 11.5 Å². The van der Waals surface area contributed by atoms with Gasteiger partial charge in [-0.2, -0.15) is 0 Å². The molecule has 0 unspecified atom stereocenters. The first kappa shape index (κ1) is 38.9. The minimum atomic E-state index is -1.63. The lowest BCUT2D eigenvalue weighted by Crippen LogP contribution is -2.30. The van der Waals surface area contributed by atoms with Gasteiger partial charge in [0.2, 0.25) is 0 Å². The lowest BCUT2D eigenvalue weighted by molar-refractivity contribution is -0.156. The average molecular weight is 785 g/mol. The molecular formula is C34H36Cl6O8. The molecule has 2 aliphatic rings. The number of benzene rings is 2. The highest BCUT2D eigenvalue weighted by atomic mass is 35.5. The molecule has 0 atom stereocenters. The van der Waals surface area contributed by atoms with Gasteiger partial charge in [0.1, 0.15) is 11.1 Å². The molecule has 8 nitrogen and oxygen atoms in total. The number of esters is 4. The molecular weight excluding hydrogens is 749 g/mol. The Kier molecular flexibility index (Phi) is 13.6. The fourth-order valence-corrected chi connectivity index (χ4v) is 7.70. The third-order valence-corrected chi connectivity index (χ3v) is 10.5. The topological polar surface area (TPSA) is 105 Å². The highest BCUT2D eigenvalue weighted by Gasteiger charge is 2.35. The summed E-state index contributed by atoms with van der Waals surface area (Å²) in [5, 5.41) is -1.43. The van der Waals surface area contributed by atoms with Crippen LogP contribution in [0.1, 0.15) is 86.9 Å². The van der Waals surface area contributed by atoms with Gasteiger partial charge in [-0.05, 0) is 86.2 Å². The van der Waals surface area contributed by atoms with E-state index in [1.54, 1.807) is 0 Å². The molecule has 0 saturated heterocycles. The van der Waals surface area contributed by atoms with Gasteiger partial charge < -0.3 is 18.9 Å². The van der Waals surface area contributed by atoms with Crippen molar-refractivity contribution >= 4 is 93.5 Å². The molecule has 14 heteroatoms. The Balaban J connectivity index is 1.46. The zero-order valence-electron chi connectivity index (χ0n) is 26.8. The Labute approximate surface area is 309 Å². The van der Waals surface area contributed by atoms with Gasteiger partial charge in [-0.15, -0.1) is 0 Å². The maximum absolute atomic E-state index is 13.1. The van der Waals surface area contributed by atoms with Crippen LogP contribution in [-0.4, -0.2) is 37.1 Å². The van der Waals surface area contributed by atoms with Gasteiger partial charge in [-0.1, -0.05) is 97.3 Å². The first-order chi connectivity index (χ1) is 22.5. The molecule has 48 heavy (non-hydrogen) atoms. The molecule has 0 radical (unpaired) electrons. The molecule has 0 heterocycles. The SMILES string of the molecule is CC(C)CC1CC(COC(=O)c2c(Cl)c(Cl)cc(Cl)c2OC(=O)C(=O)Oc2c(Cl)cc(Cl)c(Cl)c2C(=O)OCC2CC(CC(C)C)C2)C1. The summed E-state index contributed by atoms with van der Waals surface area (Å²) in [5.74, 6) is -3.70. The molecule has 0 spiro atoms. The van der Waals surface area contributed by atoms with Gasteiger partial charge in [0.05, 0.1) is 43.3 Å². The monoisotopic (exact) mass is 782 g/mol. The number of carbonyl (C=O) groups is 4. The average Bonchev–Trinajstić information content (AvgIpc) is 2.96. The Morgan fingerprint density at radius 2 is 0.917 bits per heavy atom. The highest BCUT2D eigenvalue weighted by Crippen LogP contribution is 2.43. The second kappa shape index (κ2) is 16.8. The van der Waals surface area contributed by atoms with Crippen molar-refractivity contribution in [2.24, 2.45) is 35.5 Å². The van der Waals surface area contributed by atoms with Gasteiger partial charge in [-0.3, -0.25) is 0 Å². The van der Waals surface area contributed by atoms with Crippen molar-refractivity contribution in [2.75, 3.05) is 13.2 Å². The van der Waals surface area contributed by atoms with Gasteiger partial charge in [0.15, 0.2) is 11.5 Å². The van der Waals surface area contributed by atoms with E-state index in [-0.39, 0.29) is 55.2 Å². The third-order valence-electron chi connectivity index (χ3n) is 8.39. The summed E-state index contributed by atoms with van der Waals surface area (Å²) in [4.78, 5) is 52.3. The van der Waals surface area contributed by atoms with Crippen molar-refractivity contribution in [2.45, 2.75) is 66.2 Å². The van der Waals surface area contributed by atoms with E-state index in [9.17, 15) is 19.2 Å². The standard InChI is InChI=1S/C34H36Cl6O8/c1-15(2)5-17-7-19(8-17)13-45-31(41)25-27(39)21(35)11-23(37)29(25)47-33(43)34(44)48-30-24(38)12-22(36)28(40)26(30)32(42)46-14-20-9-18(10-20)6-16(3)4/h11-12,15-20H,5-10,13-14H2,1-4H3. The summed E-state index contributed by atoms with van der Waals surface area (Å²) in [6.45, 7) is 8.84. The summed E-state index contributed by atoms with van der Waals surface area (Å²) in [6, 6.07) is 2.27. The van der Waals surface area contributed by atoms with Crippen LogP contribution in [0.2, 0.25) is 30.1 Å². The van der Waals surface area contributed by atoms with Gasteiger partial charge in [0, 0.05) is 0 Å². The molecule has 2 aliphatic carbocycles. The normalized spacial score (nSPS) is 20.2. The predicted molar refractivity (Wildman–Crippen MR) is 186 cm³/mol. The molecule has 2 aromatic carbocycles.